The molecule has 0 atom stereocenters. The Labute approximate surface area is 211 Å². The number of hydrogen-bond donors (Lipinski definition) is 1. The summed E-state index contributed by atoms with van der Waals surface area (Å²) < 4.78 is 0. The number of anilines is 1. The second-order valence-corrected chi connectivity index (χ2v) is 10.3. The van der Waals surface area contributed by atoms with Crippen molar-refractivity contribution in [2.75, 3.05) is 31.5 Å². The molecular formula is C27H33N5O2S. The van der Waals surface area contributed by atoms with Crippen molar-refractivity contribution in [2.45, 2.75) is 39.2 Å². The quantitative estimate of drug-likeness (QED) is 0.480. The number of rotatable bonds is 9. The number of carbonyl (C=O) groups excluding carboxylic acids is 2. The Kier molecular flexibility index (Phi) is 8.60. The Balaban J connectivity index is 1.28. The fraction of sp³-hybridized carbons (Fsp3) is 0.407. The van der Waals surface area contributed by atoms with Crippen LogP contribution >= 0.6 is 11.3 Å². The van der Waals surface area contributed by atoms with Gasteiger partial charge in [0.25, 0.3) is 0 Å². The highest BCUT2D eigenvalue weighted by atomic mass is 32.1. The molecule has 0 saturated carbocycles. The van der Waals surface area contributed by atoms with Crippen molar-refractivity contribution in [3.63, 3.8) is 0 Å². The van der Waals surface area contributed by atoms with Crippen molar-refractivity contribution in [1.82, 2.24) is 20.0 Å². The summed E-state index contributed by atoms with van der Waals surface area (Å²) in [5.41, 5.74) is 2.51. The summed E-state index contributed by atoms with van der Waals surface area (Å²) in [6, 6.07) is 21.2. The smallest absolute Gasteiger partial charge is 0.226 e. The second kappa shape index (κ2) is 12.0. The zero-order valence-corrected chi connectivity index (χ0v) is 21.2. The van der Waals surface area contributed by atoms with Crippen LogP contribution in [0.3, 0.4) is 0 Å². The first-order chi connectivity index (χ1) is 17.0. The number of piperazine rings is 1. The van der Waals surface area contributed by atoms with E-state index in [1.807, 2.05) is 17.0 Å². The van der Waals surface area contributed by atoms with Gasteiger partial charge in [-0.15, -0.1) is 10.2 Å². The van der Waals surface area contributed by atoms with Gasteiger partial charge < -0.3 is 10.2 Å². The summed E-state index contributed by atoms with van der Waals surface area (Å²) in [5.74, 6) is 0.311. The highest BCUT2D eigenvalue weighted by Gasteiger charge is 2.28. The van der Waals surface area contributed by atoms with Gasteiger partial charge in [0.2, 0.25) is 16.9 Å². The largest absolute Gasteiger partial charge is 0.340 e. The van der Waals surface area contributed by atoms with Gasteiger partial charge in [0.05, 0.1) is 6.04 Å². The minimum Gasteiger partial charge on any atom is -0.340 e. The normalized spacial score (nSPS) is 14.5. The first-order valence-corrected chi connectivity index (χ1v) is 13.0. The molecule has 8 heteroatoms. The van der Waals surface area contributed by atoms with Crippen molar-refractivity contribution < 1.29 is 9.59 Å². The Morgan fingerprint density at radius 3 is 2.06 bits per heavy atom. The van der Waals surface area contributed by atoms with Gasteiger partial charge in [-0.25, -0.2) is 0 Å². The molecule has 2 aromatic carbocycles. The monoisotopic (exact) mass is 491 g/mol. The van der Waals surface area contributed by atoms with Crippen LogP contribution < -0.4 is 5.32 Å². The maximum atomic E-state index is 12.8. The Morgan fingerprint density at radius 1 is 0.886 bits per heavy atom. The predicted octanol–water partition coefficient (Wildman–Crippen LogP) is 4.39. The summed E-state index contributed by atoms with van der Waals surface area (Å²) in [4.78, 5) is 29.4. The summed E-state index contributed by atoms with van der Waals surface area (Å²) in [7, 11) is 0. The van der Waals surface area contributed by atoms with E-state index in [-0.39, 0.29) is 30.7 Å². The van der Waals surface area contributed by atoms with Crippen molar-refractivity contribution in [3.05, 3.63) is 76.8 Å². The van der Waals surface area contributed by atoms with Gasteiger partial charge in [-0.2, -0.15) is 0 Å². The standard InChI is InChI=1S/C27H33N5O2S/c1-20(2)19-24-29-30-27(35-24)28-23(33)13-14-25(34)31-15-17-32(18-16-31)26(21-9-5-3-6-10-21)22-11-7-4-8-12-22/h3-12,20,26H,13-19H2,1-2H3,(H,28,30,33). The number of benzene rings is 2. The van der Waals surface area contributed by atoms with Crippen LogP contribution in [-0.2, 0) is 16.0 Å². The van der Waals surface area contributed by atoms with Crippen LogP contribution in [0.15, 0.2) is 60.7 Å². The summed E-state index contributed by atoms with van der Waals surface area (Å²) >= 11 is 1.40. The maximum absolute atomic E-state index is 12.8. The molecule has 7 nitrogen and oxygen atoms in total. The van der Waals surface area contributed by atoms with Crippen molar-refractivity contribution in [1.29, 1.82) is 0 Å². The minimum absolute atomic E-state index is 0.0218. The number of nitrogens with one attached hydrogen (secondary N) is 1. The van der Waals surface area contributed by atoms with E-state index in [1.165, 1.54) is 22.5 Å². The van der Waals surface area contributed by atoms with Gasteiger partial charge in [-0.3, -0.25) is 14.5 Å². The van der Waals surface area contributed by atoms with Gasteiger partial charge in [0.15, 0.2) is 0 Å². The number of hydrogen-bond acceptors (Lipinski definition) is 6. The van der Waals surface area contributed by atoms with Gasteiger partial charge in [0, 0.05) is 45.4 Å². The van der Waals surface area contributed by atoms with E-state index in [4.69, 9.17) is 0 Å². The number of carbonyl (C=O) groups is 2. The Bertz CT molecular complexity index is 1060. The SMILES string of the molecule is CC(C)Cc1nnc(NC(=O)CCC(=O)N2CCN(C(c3ccccc3)c3ccccc3)CC2)s1. The fourth-order valence-corrected chi connectivity index (χ4v) is 5.38. The third kappa shape index (κ3) is 6.96. The van der Waals surface area contributed by atoms with Crippen LogP contribution in [0.1, 0.15) is 48.9 Å². The molecule has 1 saturated heterocycles. The Morgan fingerprint density at radius 2 is 1.49 bits per heavy atom. The van der Waals surface area contributed by atoms with Crippen LogP contribution in [0.2, 0.25) is 0 Å². The molecule has 1 aliphatic heterocycles. The highest BCUT2D eigenvalue weighted by molar-refractivity contribution is 7.15. The topological polar surface area (TPSA) is 78.4 Å². The van der Waals surface area contributed by atoms with Crippen LogP contribution in [0.25, 0.3) is 0 Å². The summed E-state index contributed by atoms with van der Waals surface area (Å²) in [5, 5.41) is 12.3. The van der Waals surface area contributed by atoms with Crippen LogP contribution in [0, 0.1) is 5.92 Å². The van der Waals surface area contributed by atoms with E-state index in [1.54, 1.807) is 0 Å². The molecule has 184 valence electrons. The molecule has 3 aromatic rings. The molecule has 1 aromatic heterocycles. The molecule has 1 N–H and O–H groups in total. The molecule has 2 amide bonds. The highest BCUT2D eigenvalue weighted by Crippen LogP contribution is 2.29. The molecule has 4 rings (SSSR count). The lowest BCUT2D eigenvalue weighted by molar-refractivity contribution is -0.134. The molecular weight excluding hydrogens is 458 g/mol. The van der Waals surface area contributed by atoms with E-state index >= 15 is 0 Å². The van der Waals surface area contributed by atoms with Gasteiger partial charge in [-0.05, 0) is 17.0 Å². The van der Waals surface area contributed by atoms with Gasteiger partial charge in [-0.1, -0.05) is 85.8 Å². The third-order valence-electron chi connectivity index (χ3n) is 6.12. The number of aromatic nitrogens is 2. The lowest BCUT2D eigenvalue weighted by Crippen LogP contribution is -2.49. The summed E-state index contributed by atoms with van der Waals surface area (Å²) in [6.07, 6.45) is 1.19. The zero-order valence-electron chi connectivity index (χ0n) is 20.4. The van der Waals surface area contributed by atoms with Gasteiger partial charge >= 0.3 is 0 Å². The first kappa shape index (κ1) is 25.0. The number of nitrogens with zero attached hydrogens (tertiary/aromatic N) is 4. The lowest BCUT2D eigenvalue weighted by Gasteiger charge is -2.39. The van der Waals surface area contributed by atoms with Crippen molar-refractivity contribution in [3.8, 4) is 0 Å². The van der Waals surface area contributed by atoms with Gasteiger partial charge in [0.1, 0.15) is 5.01 Å². The van der Waals surface area contributed by atoms with Crippen molar-refractivity contribution >= 4 is 28.3 Å². The first-order valence-electron chi connectivity index (χ1n) is 12.2. The average Bonchev–Trinajstić information content (AvgIpc) is 3.30. The fourth-order valence-electron chi connectivity index (χ4n) is 4.41. The second-order valence-electron chi connectivity index (χ2n) is 9.29. The van der Waals surface area contributed by atoms with E-state index < -0.39 is 0 Å². The molecule has 0 bridgehead atoms. The Hall–Kier alpha value is -3.10. The van der Waals surface area contributed by atoms with E-state index in [0.29, 0.717) is 24.1 Å². The predicted molar refractivity (Wildman–Crippen MR) is 139 cm³/mol. The molecule has 35 heavy (non-hydrogen) atoms. The molecule has 0 unspecified atom stereocenters. The zero-order chi connectivity index (χ0) is 24.6. The van der Waals surface area contributed by atoms with E-state index in [9.17, 15) is 9.59 Å². The molecule has 0 aliphatic carbocycles. The minimum atomic E-state index is -0.197. The molecule has 0 spiro atoms. The van der Waals surface area contributed by atoms with Crippen molar-refractivity contribution in [2.24, 2.45) is 5.92 Å². The van der Waals surface area contributed by atoms with E-state index in [2.05, 4.69) is 82.8 Å². The molecule has 1 aliphatic rings. The van der Waals surface area contributed by atoms with Crippen LogP contribution in [0.5, 0.6) is 0 Å². The maximum Gasteiger partial charge on any atom is 0.226 e. The molecule has 0 radical (unpaired) electrons. The van der Waals surface area contributed by atoms with Crippen LogP contribution in [-0.4, -0.2) is 58.0 Å². The number of amides is 2. The summed E-state index contributed by atoms with van der Waals surface area (Å²) in [6.45, 7) is 7.13. The average molecular weight is 492 g/mol. The van der Waals surface area contributed by atoms with E-state index in [0.717, 1.165) is 24.5 Å². The third-order valence-corrected chi connectivity index (χ3v) is 6.99. The molecule has 1 fully saturated rings. The van der Waals surface area contributed by atoms with Crippen LogP contribution in [0.4, 0.5) is 5.13 Å². The lowest BCUT2D eigenvalue weighted by atomic mass is 9.96. The molecule has 2 heterocycles.